The van der Waals surface area contributed by atoms with Crippen molar-refractivity contribution >= 4 is 50.0 Å². The monoisotopic (exact) mass is 412 g/mol. The summed E-state index contributed by atoms with van der Waals surface area (Å²) in [5, 5.41) is 0.532. The second kappa shape index (κ2) is 8.08. The fourth-order valence-corrected chi connectivity index (χ4v) is 4.24. The maximum atomic E-state index is 13.3. The second-order valence-electron chi connectivity index (χ2n) is 5.84. The predicted molar refractivity (Wildman–Crippen MR) is 111 cm³/mol. The summed E-state index contributed by atoms with van der Waals surface area (Å²) >= 11 is 1.88. The highest BCUT2D eigenvalue weighted by Crippen LogP contribution is 2.36. The first-order chi connectivity index (χ1) is 13.6. The molecule has 4 rings (SSSR count). The largest absolute Gasteiger partial charge is 0.288 e. The minimum absolute atomic E-state index is 0.228. The third-order valence-corrected chi connectivity index (χ3v) is 5.76. The predicted octanol–water partition coefficient (Wildman–Crippen LogP) is 6.59. The molecular formula is C21H14F2N2OS2. The minimum Gasteiger partial charge on any atom is -0.268 e. The number of alkyl halides is 2. The fourth-order valence-electron chi connectivity index (χ4n) is 2.76. The van der Waals surface area contributed by atoms with Gasteiger partial charge in [0.15, 0.2) is 5.13 Å². The van der Waals surface area contributed by atoms with Crippen LogP contribution >= 0.6 is 23.1 Å². The molecule has 3 aromatic carbocycles. The number of thioether (sulfide) groups is 1. The lowest BCUT2D eigenvalue weighted by atomic mass is 10.2. The van der Waals surface area contributed by atoms with Crippen molar-refractivity contribution in [1.29, 1.82) is 0 Å². The Labute approximate surface area is 168 Å². The van der Waals surface area contributed by atoms with E-state index in [1.807, 2.05) is 30.3 Å². The maximum absolute atomic E-state index is 13.3. The van der Waals surface area contributed by atoms with Gasteiger partial charge in [-0.2, -0.15) is 8.78 Å². The number of benzene rings is 3. The number of halogens is 2. The third-order valence-electron chi connectivity index (χ3n) is 4.02. The summed E-state index contributed by atoms with van der Waals surface area (Å²) in [7, 11) is 0. The summed E-state index contributed by atoms with van der Waals surface area (Å²) in [6.07, 6.45) is 0. The molecule has 0 saturated heterocycles. The number of carbonyl (C=O) groups excluding carboxylic acids is 1. The Morgan fingerprint density at radius 3 is 2.29 bits per heavy atom. The Hall–Kier alpha value is -2.77. The van der Waals surface area contributed by atoms with E-state index in [0.29, 0.717) is 33.0 Å². The molecule has 1 amide bonds. The van der Waals surface area contributed by atoms with Crippen LogP contribution in [0.4, 0.5) is 19.6 Å². The van der Waals surface area contributed by atoms with Crippen LogP contribution in [0.2, 0.25) is 0 Å². The van der Waals surface area contributed by atoms with Crippen molar-refractivity contribution in [2.24, 2.45) is 0 Å². The number of hydrogen-bond acceptors (Lipinski definition) is 4. The molecule has 0 unspecified atom stereocenters. The van der Waals surface area contributed by atoms with E-state index in [1.165, 1.54) is 16.2 Å². The molecule has 3 nitrogen and oxygen atoms in total. The summed E-state index contributed by atoms with van der Waals surface area (Å²) in [5.74, 6) is -2.72. The number of rotatable bonds is 5. The molecule has 0 spiro atoms. The molecular weight excluding hydrogens is 398 g/mol. The van der Waals surface area contributed by atoms with Gasteiger partial charge >= 0.3 is 0 Å². The van der Waals surface area contributed by atoms with Crippen LogP contribution in [0.15, 0.2) is 83.8 Å². The number of anilines is 2. The number of carbonyl (C=O) groups is 1. The van der Waals surface area contributed by atoms with Crippen molar-refractivity contribution < 1.29 is 13.6 Å². The van der Waals surface area contributed by atoms with Gasteiger partial charge in [-0.3, -0.25) is 9.69 Å². The van der Waals surface area contributed by atoms with E-state index in [0.717, 1.165) is 10.2 Å². The molecule has 0 bridgehead atoms. The first-order valence-corrected chi connectivity index (χ1v) is 10.1. The van der Waals surface area contributed by atoms with E-state index >= 15 is 0 Å². The van der Waals surface area contributed by atoms with Crippen LogP contribution in [0.25, 0.3) is 10.2 Å². The average Bonchev–Trinajstić information content (AvgIpc) is 3.13. The average molecular weight is 412 g/mol. The number of aromatic nitrogens is 1. The van der Waals surface area contributed by atoms with Gasteiger partial charge in [0.25, 0.3) is 11.7 Å². The van der Waals surface area contributed by atoms with Crippen molar-refractivity contribution in [2.45, 2.75) is 10.7 Å². The van der Waals surface area contributed by atoms with E-state index in [9.17, 15) is 13.6 Å². The molecule has 0 aliphatic carbocycles. The normalized spacial score (nSPS) is 11.1. The Morgan fingerprint density at radius 1 is 0.929 bits per heavy atom. The highest BCUT2D eigenvalue weighted by atomic mass is 32.2. The molecule has 0 radical (unpaired) electrons. The van der Waals surface area contributed by atoms with Crippen LogP contribution in [0.5, 0.6) is 0 Å². The van der Waals surface area contributed by atoms with Gasteiger partial charge in [-0.15, -0.1) is 0 Å². The van der Waals surface area contributed by atoms with Crippen LogP contribution in [0, 0.1) is 0 Å². The van der Waals surface area contributed by atoms with Gasteiger partial charge in [0.1, 0.15) is 0 Å². The van der Waals surface area contributed by atoms with Crippen molar-refractivity contribution in [1.82, 2.24) is 4.98 Å². The van der Waals surface area contributed by atoms with Crippen molar-refractivity contribution in [3.8, 4) is 0 Å². The molecule has 0 aliphatic heterocycles. The van der Waals surface area contributed by atoms with Gasteiger partial charge in [-0.05, 0) is 48.5 Å². The number of para-hydroxylation sites is 1. The van der Waals surface area contributed by atoms with E-state index in [2.05, 4.69) is 4.98 Å². The minimum atomic E-state index is -2.49. The molecule has 1 aromatic heterocycles. The molecule has 4 aromatic rings. The Kier molecular flexibility index (Phi) is 5.36. The van der Waals surface area contributed by atoms with Crippen LogP contribution in [-0.2, 0) is 0 Å². The van der Waals surface area contributed by atoms with E-state index in [-0.39, 0.29) is 5.91 Å². The molecule has 7 heteroatoms. The topological polar surface area (TPSA) is 33.2 Å². The maximum Gasteiger partial charge on any atom is 0.288 e. The fraction of sp³-hybridized carbons (Fsp3) is 0.0476. The van der Waals surface area contributed by atoms with Crippen molar-refractivity contribution in [3.05, 3.63) is 84.4 Å². The Bertz CT molecular complexity index is 1070. The van der Waals surface area contributed by atoms with Gasteiger partial charge in [0.2, 0.25) is 0 Å². The molecule has 0 atom stereocenters. The van der Waals surface area contributed by atoms with Crippen LogP contribution in [-0.4, -0.2) is 16.6 Å². The van der Waals surface area contributed by atoms with Gasteiger partial charge < -0.3 is 0 Å². The highest BCUT2D eigenvalue weighted by molar-refractivity contribution is 7.99. The lowest BCUT2D eigenvalue weighted by molar-refractivity contribution is 0.0999. The SMILES string of the molecule is O=C(c1ccccc1)N(c1ccc(SC(F)F)cc1)c1nc2ccccc2s1. The molecule has 0 aliphatic rings. The van der Waals surface area contributed by atoms with E-state index in [4.69, 9.17) is 0 Å². The summed E-state index contributed by atoms with van der Waals surface area (Å²) < 4.78 is 26.2. The molecule has 140 valence electrons. The van der Waals surface area contributed by atoms with Gasteiger partial charge in [0, 0.05) is 10.5 Å². The summed E-state index contributed by atoms with van der Waals surface area (Å²) in [4.78, 5) is 19.8. The zero-order chi connectivity index (χ0) is 19.5. The number of fused-ring (bicyclic) bond motifs is 1. The Balaban J connectivity index is 1.78. The van der Waals surface area contributed by atoms with Gasteiger partial charge in [-0.25, -0.2) is 4.98 Å². The molecule has 28 heavy (non-hydrogen) atoms. The lowest BCUT2D eigenvalue weighted by Gasteiger charge is -2.20. The van der Waals surface area contributed by atoms with Gasteiger partial charge in [0.05, 0.1) is 15.9 Å². The first-order valence-electron chi connectivity index (χ1n) is 8.42. The molecule has 0 N–H and O–H groups in total. The molecule has 1 heterocycles. The van der Waals surface area contributed by atoms with Crippen LogP contribution < -0.4 is 4.90 Å². The van der Waals surface area contributed by atoms with E-state index < -0.39 is 5.76 Å². The number of thiazole rings is 1. The number of nitrogens with zero attached hydrogens (tertiary/aromatic N) is 2. The third kappa shape index (κ3) is 3.90. The standard InChI is InChI=1S/C21H14F2N2OS2/c22-20(23)27-16-12-10-15(11-13-16)25(19(26)14-6-2-1-3-7-14)21-24-17-8-4-5-9-18(17)28-21/h1-13,20H. The summed E-state index contributed by atoms with van der Waals surface area (Å²) in [6.45, 7) is 0. The Morgan fingerprint density at radius 2 is 1.61 bits per heavy atom. The molecule has 0 saturated carbocycles. The first kappa shape index (κ1) is 18.6. The van der Waals surface area contributed by atoms with Crippen LogP contribution in [0.1, 0.15) is 10.4 Å². The zero-order valence-electron chi connectivity index (χ0n) is 14.5. The molecule has 0 fully saturated rings. The lowest BCUT2D eigenvalue weighted by Crippen LogP contribution is -2.25. The zero-order valence-corrected chi connectivity index (χ0v) is 16.1. The highest BCUT2D eigenvalue weighted by Gasteiger charge is 2.23. The van der Waals surface area contributed by atoms with Crippen LogP contribution in [0.3, 0.4) is 0 Å². The van der Waals surface area contributed by atoms with Crippen molar-refractivity contribution in [2.75, 3.05) is 4.90 Å². The number of hydrogen-bond donors (Lipinski definition) is 0. The smallest absolute Gasteiger partial charge is 0.268 e. The number of amides is 1. The quantitative estimate of drug-likeness (QED) is 0.347. The van der Waals surface area contributed by atoms with Gasteiger partial charge in [-0.1, -0.05) is 53.4 Å². The van der Waals surface area contributed by atoms with Crippen molar-refractivity contribution in [3.63, 3.8) is 0 Å². The summed E-state index contributed by atoms with van der Waals surface area (Å²) in [5.41, 5.74) is 1.90. The summed E-state index contributed by atoms with van der Waals surface area (Å²) in [6, 6.07) is 23.1. The second-order valence-corrected chi connectivity index (χ2v) is 7.92. The van der Waals surface area contributed by atoms with E-state index in [1.54, 1.807) is 48.5 Å².